The van der Waals surface area contributed by atoms with Crippen molar-refractivity contribution >= 4 is 27.7 Å². The number of aromatic nitrogens is 6. The van der Waals surface area contributed by atoms with Crippen LogP contribution in [0.3, 0.4) is 0 Å². The van der Waals surface area contributed by atoms with Gasteiger partial charge in [-0.25, -0.2) is 18.4 Å². The Bertz CT molecular complexity index is 1850. The minimum atomic E-state index is -2.82. The number of nitrogens with zero attached hydrogens (tertiary/aromatic N) is 7. The third-order valence-electron chi connectivity index (χ3n) is 7.99. The molecule has 2 aliphatic rings. The quantitative estimate of drug-likeness (QED) is 0.311. The molecule has 1 saturated heterocycles. The largest absolute Gasteiger partial charge is 0.496 e. The van der Waals surface area contributed by atoms with Crippen LogP contribution in [0.1, 0.15) is 46.2 Å². The standard InChI is InChI=1S/C29H27F2N7O2/c1-15-25-22(36(3)27(15)28(39)37-13-29(30,31)14-37)10-24(35-26(25)17-5-6-17)38-21-9-20(34-16(2)18(21)12-33-38)19-11-32-8-7-23(19)40-4/h7-12,17H,5-6,13-14H2,1-4H3. The number of aryl methyl sites for hydroxylation is 3. The highest BCUT2D eigenvalue weighted by atomic mass is 19.3. The minimum Gasteiger partial charge on any atom is -0.496 e. The van der Waals surface area contributed by atoms with Gasteiger partial charge in [0.05, 0.1) is 54.4 Å². The van der Waals surface area contributed by atoms with E-state index in [1.807, 2.05) is 37.6 Å². The lowest BCUT2D eigenvalue weighted by molar-refractivity contribution is -0.113. The number of alkyl halides is 2. The molecule has 1 amide bonds. The van der Waals surface area contributed by atoms with Gasteiger partial charge in [-0.2, -0.15) is 5.10 Å². The molecular weight excluding hydrogens is 516 g/mol. The number of pyridine rings is 3. The molecule has 40 heavy (non-hydrogen) atoms. The van der Waals surface area contributed by atoms with Gasteiger partial charge < -0.3 is 14.2 Å². The maximum Gasteiger partial charge on any atom is 0.282 e. The van der Waals surface area contributed by atoms with Gasteiger partial charge in [-0.05, 0) is 44.4 Å². The van der Waals surface area contributed by atoms with Crippen LogP contribution in [0.15, 0.2) is 36.8 Å². The number of hydrogen-bond acceptors (Lipinski definition) is 6. The molecule has 0 N–H and O–H groups in total. The first kappa shape index (κ1) is 24.6. The van der Waals surface area contributed by atoms with Gasteiger partial charge in [-0.3, -0.25) is 14.8 Å². The average Bonchev–Trinajstić information content (AvgIpc) is 3.63. The van der Waals surface area contributed by atoms with E-state index in [0.29, 0.717) is 23.0 Å². The van der Waals surface area contributed by atoms with Crippen molar-refractivity contribution in [3.05, 3.63) is 59.4 Å². The van der Waals surface area contributed by atoms with E-state index in [9.17, 15) is 13.6 Å². The van der Waals surface area contributed by atoms with Gasteiger partial charge >= 0.3 is 0 Å². The predicted octanol–water partition coefficient (Wildman–Crippen LogP) is 4.96. The zero-order valence-electron chi connectivity index (χ0n) is 22.6. The first-order valence-electron chi connectivity index (χ1n) is 13.2. The van der Waals surface area contributed by atoms with E-state index in [1.54, 1.807) is 36.4 Å². The summed E-state index contributed by atoms with van der Waals surface area (Å²) in [7, 11) is 3.42. The summed E-state index contributed by atoms with van der Waals surface area (Å²) in [5.41, 5.74) is 6.03. The average molecular weight is 544 g/mol. The Morgan fingerprint density at radius 1 is 1.10 bits per heavy atom. The van der Waals surface area contributed by atoms with Gasteiger partial charge in [0.1, 0.15) is 11.4 Å². The second-order valence-electron chi connectivity index (χ2n) is 10.7. The number of carbonyl (C=O) groups excluding carboxylic acids is 1. The third-order valence-corrected chi connectivity index (χ3v) is 7.99. The number of likely N-dealkylation sites (tertiary alicyclic amines) is 1. The zero-order chi connectivity index (χ0) is 27.9. The number of fused-ring (bicyclic) bond motifs is 2. The SMILES string of the molecule is COc1ccncc1-c1cc2c(cnn2-c2cc3c(c(C4CC4)n2)c(C)c(C(=O)N2CC(F)(F)C2)n3C)c(C)n1. The first-order chi connectivity index (χ1) is 19.2. The Morgan fingerprint density at radius 3 is 2.58 bits per heavy atom. The molecule has 5 aromatic rings. The Kier molecular flexibility index (Phi) is 5.26. The number of hydrogen-bond donors (Lipinski definition) is 0. The highest BCUT2D eigenvalue weighted by Gasteiger charge is 2.47. The lowest BCUT2D eigenvalue weighted by atomic mass is 10.1. The van der Waals surface area contributed by atoms with E-state index in [-0.39, 0.29) is 11.8 Å². The summed E-state index contributed by atoms with van der Waals surface area (Å²) in [6.07, 6.45) is 7.19. The Labute approximate surface area is 228 Å². The van der Waals surface area contributed by atoms with E-state index in [1.165, 1.54) is 4.90 Å². The molecule has 0 spiro atoms. The number of amides is 1. The van der Waals surface area contributed by atoms with Crippen molar-refractivity contribution in [1.82, 2.24) is 34.2 Å². The number of carbonyl (C=O) groups is 1. The van der Waals surface area contributed by atoms with Crippen LogP contribution in [0.5, 0.6) is 5.75 Å². The van der Waals surface area contributed by atoms with Crippen molar-refractivity contribution in [2.75, 3.05) is 20.2 Å². The third kappa shape index (κ3) is 3.67. The molecule has 0 atom stereocenters. The zero-order valence-corrected chi connectivity index (χ0v) is 22.6. The smallest absolute Gasteiger partial charge is 0.282 e. The van der Waals surface area contributed by atoms with Crippen LogP contribution in [-0.4, -0.2) is 66.2 Å². The van der Waals surface area contributed by atoms with Crippen molar-refractivity contribution < 1.29 is 18.3 Å². The fourth-order valence-electron chi connectivity index (χ4n) is 5.80. The molecule has 0 unspecified atom stereocenters. The van der Waals surface area contributed by atoms with E-state index >= 15 is 0 Å². The topological polar surface area (TPSA) is 91.0 Å². The molecule has 1 saturated carbocycles. The highest BCUT2D eigenvalue weighted by molar-refractivity contribution is 6.03. The van der Waals surface area contributed by atoms with Gasteiger partial charge in [0, 0.05) is 47.9 Å². The fraction of sp³-hybridized carbons (Fsp3) is 0.345. The molecule has 7 rings (SSSR count). The molecule has 2 fully saturated rings. The van der Waals surface area contributed by atoms with Gasteiger partial charge in [-0.15, -0.1) is 0 Å². The highest BCUT2D eigenvalue weighted by Crippen LogP contribution is 2.45. The monoisotopic (exact) mass is 543 g/mol. The number of halogens is 2. The van der Waals surface area contributed by atoms with Crippen molar-refractivity contribution in [2.45, 2.75) is 38.5 Å². The molecule has 6 heterocycles. The second kappa shape index (κ2) is 8.54. The normalized spacial score (nSPS) is 16.5. The van der Waals surface area contributed by atoms with Crippen molar-refractivity contribution in [3.63, 3.8) is 0 Å². The molecule has 0 aromatic carbocycles. The molecule has 1 aliphatic heterocycles. The van der Waals surface area contributed by atoms with Gasteiger partial charge in [0.2, 0.25) is 0 Å². The Balaban J connectivity index is 1.40. The summed E-state index contributed by atoms with van der Waals surface area (Å²) in [4.78, 5) is 28.6. The van der Waals surface area contributed by atoms with Crippen LogP contribution in [-0.2, 0) is 7.05 Å². The maximum absolute atomic E-state index is 13.6. The minimum absolute atomic E-state index is 0.278. The molecule has 1 aliphatic carbocycles. The van der Waals surface area contributed by atoms with Crippen molar-refractivity contribution in [1.29, 1.82) is 0 Å². The molecule has 9 nitrogen and oxygen atoms in total. The second-order valence-corrected chi connectivity index (χ2v) is 10.7. The first-order valence-corrected chi connectivity index (χ1v) is 13.2. The van der Waals surface area contributed by atoms with Gasteiger partial charge in [-0.1, -0.05) is 0 Å². The van der Waals surface area contributed by atoms with Crippen molar-refractivity contribution in [3.8, 4) is 22.8 Å². The summed E-state index contributed by atoms with van der Waals surface area (Å²) in [5.74, 6) is -1.64. The summed E-state index contributed by atoms with van der Waals surface area (Å²) in [6, 6.07) is 5.66. The number of rotatable bonds is 5. The summed E-state index contributed by atoms with van der Waals surface area (Å²) < 4.78 is 36.3. The van der Waals surface area contributed by atoms with E-state index in [4.69, 9.17) is 19.8 Å². The lowest BCUT2D eigenvalue weighted by Crippen LogP contribution is -2.58. The summed E-state index contributed by atoms with van der Waals surface area (Å²) in [6.45, 7) is 2.71. The summed E-state index contributed by atoms with van der Waals surface area (Å²) in [5, 5.41) is 6.50. The Hall–Kier alpha value is -4.41. The van der Waals surface area contributed by atoms with Crippen LogP contribution in [0.25, 0.3) is 38.9 Å². The van der Waals surface area contributed by atoms with E-state index < -0.39 is 19.0 Å². The van der Waals surface area contributed by atoms with Crippen LogP contribution in [0.4, 0.5) is 8.78 Å². The molecular formula is C29H27F2N7O2. The van der Waals surface area contributed by atoms with Crippen molar-refractivity contribution in [2.24, 2.45) is 7.05 Å². The molecule has 5 aromatic heterocycles. The van der Waals surface area contributed by atoms with Crippen LogP contribution in [0.2, 0.25) is 0 Å². The van der Waals surface area contributed by atoms with Crippen LogP contribution >= 0.6 is 0 Å². The van der Waals surface area contributed by atoms with Crippen LogP contribution < -0.4 is 4.74 Å². The van der Waals surface area contributed by atoms with E-state index in [0.717, 1.165) is 57.2 Å². The van der Waals surface area contributed by atoms with Gasteiger partial charge in [0.15, 0.2) is 5.82 Å². The number of ether oxygens (including phenoxy) is 1. The fourth-order valence-corrected chi connectivity index (χ4v) is 5.80. The lowest BCUT2D eigenvalue weighted by Gasteiger charge is -2.38. The van der Waals surface area contributed by atoms with Crippen LogP contribution in [0, 0.1) is 13.8 Å². The molecule has 11 heteroatoms. The summed E-state index contributed by atoms with van der Waals surface area (Å²) >= 11 is 0. The predicted molar refractivity (Wildman–Crippen MR) is 145 cm³/mol. The van der Waals surface area contributed by atoms with Gasteiger partial charge in [0.25, 0.3) is 11.8 Å². The molecule has 0 radical (unpaired) electrons. The molecule has 0 bridgehead atoms. The molecule has 204 valence electrons. The van der Waals surface area contributed by atoms with E-state index in [2.05, 4.69) is 4.98 Å². The number of methoxy groups -OCH3 is 1. The maximum atomic E-state index is 13.6. The Morgan fingerprint density at radius 2 is 1.88 bits per heavy atom.